The molecule has 0 spiro atoms. The van der Waals surface area contributed by atoms with Gasteiger partial charge in [-0.3, -0.25) is 4.79 Å². The number of fused-ring (bicyclic) bond motifs is 3. The lowest BCUT2D eigenvalue weighted by Gasteiger charge is -2.16. The lowest BCUT2D eigenvalue weighted by Crippen LogP contribution is -2.32. The van der Waals surface area contributed by atoms with Crippen LogP contribution in [0.5, 0.6) is 0 Å². The van der Waals surface area contributed by atoms with E-state index in [-0.39, 0.29) is 17.6 Å². The molecule has 0 radical (unpaired) electrons. The Bertz CT molecular complexity index is 736. The van der Waals surface area contributed by atoms with Crippen LogP contribution in [0.4, 0.5) is 4.39 Å². The highest BCUT2D eigenvalue weighted by Crippen LogP contribution is 2.43. The van der Waals surface area contributed by atoms with Crippen molar-refractivity contribution >= 4 is 16.9 Å². The van der Waals surface area contributed by atoms with Gasteiger partial charge < -0.3 is 10.3 Å². The van der Waals surface area contributed by atoms with Crippen LogP contribution < -0.4 is 5.32 Å². The van der Waals surface area contributed by atoms with E-state index in [2.05, 4.69) is 27.4 Å². The van der Waals surface area contributed by atoms with Gasteiger partial charge in [-0.2, -0.15) is 0 Å². The third kappa shape index (κ3) is 2.22. The minimum absolute atomic E-state index is 0.0958. The second kappa shape index (κ2) is 4.69. The van der Waals surface area contributed by atoms with Crippen molar-refractivity contribution in [3.63, 3.8) is 0 Å². The Hall–Kier alpha value is -2.17. The highest BCUT2D eigenvalue weighted by Gasteiger charge is 2.39. The average molecular weight is 285 g/mol. The van der Waals surface area contributed by atoms with Crippen LogP contribution in [0.3, 0.4) is 0 Å². The molecule has 4 rings (SSSR count). The number of H-pyrrole nitrogens is 1. The molecule has 2 aliphatic rings. The Labute approximate surface area is 121 Å². The quantitative estimate of drug-likeness (QED) is 0.851. The topological polar surface area (TPSA) is 57.8 Å². The van der Waals surface area contributed by atoms with Crippen molar-refractivity contribution in [3.8, 4) is 0 Å². The first-order chi connectivity index (χ1) is 10.2. The zero-order valence-electron chi connectivity index (χ0n) is 11.5. The molecular weight excluding hydrogens is 269 g/mol. The molecule has 1 amide bonds. The van der Waals surface area contributed by atoms with E-state index in [9.17, 15) is 9.18 Å². The summed E-state index contributed by atoms with van der Waals surface area (Å²) in [5, 5.41) is 2.94. The number of rotatable bonds is 3. The monoisotopic (exact) mass is 285 g/mol. The predicted molar refractivity (Wildman–Crippen MR) is 76.7 cm³/mol. The summed E-state index contributed by atoms with van der Waals surface area (Å²) in [5.74, 6) is 1.54. The van der Waals surface area contributed by atoms with E-state index < -0.39 is 0 Å². The van der Waals surface area contributed by atoms with Gasteiger partial charge in [0.25, 0.3) is 0 Å². The highest BCUT2D eigenvalue weighted by molar-refractivity contribution is 5.80. The Kier molecular flexibility index (Phi) is 2.80. The standard InChI is InChI=1S/C16H16FN3O/c17-11-3-4-13-14(7-11)20-15(19-13)8-18-16(21)12-6-9-1-2-10(12)5-9/h1-4,7,9-10,12H,5-6,8H2,(H,18,21)(H,19,20)/t9-,10+,12-/m1/s1. The van der Waals surface area contributed by atoms with Gasteiger partial charge in [0.15, 0.2) is 0 Å². The molecule has 1 aromatic carbocycles. The van der Waals surface area contributed by atoms with E-state index in [4.69, 9.17) is 0 Å². The first-order valence-electron chi connectivity index (χ1n) is 7.29. The number of halogens is 1. The summed E-state index contributed by atoms with van der Waals surface area (Å²) in [5.41, 5.74) is 1.37. The van der Waals surface area contributed by atoms with Gasteiger partial charge in [0.2, 0.25) is 5.91 Å². The van der Waals surface area contributed by atoms with Crippen LogP contribution in [0.2, 0.25) is 0 Å². The molecule has 4 nitrogen and oxygen atoms in total. The van der Waals surface area contributed by atoms with Crippen LogP contribution in [-0.4, -0.2) is 15.9 Å². The van der Waals surface area contributed by atoms with Crippen LogP contribution in [0.1, 0.15) is 18.7 Å². The number of nitrogens with one attached hydrogen (secondary N) is 2. The zero-order valence-corrected chi connectivity index (χ0v) is 11.5. The minimum Gasteiger partial charge on any atom is -0.349 e. The van der Waals surface area contributed by atoms with Crippen molar-refractivity contribution in [2.45, 2.75) is 19.4 Å². The number of amides is 1. The molecule has 2 N–H and O–H groups in total. The third-order valence-corrected chi connectivity index (χ3v) is 4.54. The maximum Gasteiger partial charge on any atom is 0.224 e. The van der Waals surface area contributed by atoms with Gasteiger partial charge in [0.1, 0.15) is 11.6 Å². The number of carbonyl (C=O) groups is 1. The summed E-state index contributed by atoms with van der Waals surface area (Å²) in [6.45, 7) is 0.354. The Morgan fingerprint density at radius 2 is 2.29 bits per heavy atom. The van der Waals surface area contributed by atoms with Crippen LogP contribution in [0.25, 0.3) is 11.0 Å². The fraction of sp³-hybridized carbons (Fsp3) is 0.375. The van der Waals surface area contributed by atoms with E-state index in [0.29, 0.717) is 35.2 Å². The molecular formula is C16H16FN3O. The zero-order chi connectivity index (χ0) is 14.4. The van der Waals surface area contributed by atoms with Crippen molar-refractivity contribution in [1.29, 1.82) is 0 Å². The van der Waals surface area contributed by atoms with Crippen molar-refractivity contribution in [2.24, 2.45) is 17.8 Å². The molecule has 108 valence electrons. The van der Waals surface area contributed by atoms with E-state index in [1.807, 2.05) is 0 Å². The van der Waals surface area contributed by atoms with Crippen molar-refractivity contribution < 1.29 is 9.18 Å². The average Bonchev–Trinajstić information content (AvgIpc) is 3.18. The van der Waals surface area contributed by atoms with Crippen molar-refractivity contribution in [2.75, 3.05) is 0 Å². The number of benzene rings is 1. The molecule has 2 bridgehead atoms. The summed E-state index contributed by atoms with van der Waals surface area (Å²) in [7, 11) is 0. The lowest BCUT2D eigenvalue weighted by molar-refractivity contribution is -0.125. The van der Waals surface area contributed by atoms with Crippen LogP contribution >= 0.6 is 0 Å². The molecule has 5 heteroatoms. The molecule has 1 heterocycles. The number of aromatic amines is 1. The van der Waals surface area contributed by atoms with Gasteiger partial charge in [-0.25, -0.2) is 9.37 Å². The van der Waals surface area contributed by atoms with Crippen molar-refractivity contribution in [1.82, 2.24) is 15.3 Å². The molecule has 1 fully saturated rings. The number of nitrogens with zero attached hydrogens (tertiary/aromatic N) is 1. The maximum atomic E-state index is 13.1. The molecule has 21 heavy (non-hydrogen) atoms. The predicted octanol–water partition coefficient (Wildman–Crippen LogP) is 2.53. The highest BCUT2D eigenvalue weighted by atomic mass is 19.1. The molecule has 2 aliphatic carbocycles. The number of carbonyl (C=O) groups excluding carboxylic acids is 1. The van der Waals surface area contributed by atoms with Crippen LogP contribution in [-0.2, 0) is 11.3 Å². The lowest BCUT2D eigenvalue weighted by atomic mass is 9.93. The number of hydrogen-bond acceptors (Lipinski definition) is 2. The van der Waals surface area contributed by atoms with Crippen LogP contribution in [0.15, 0.2) is 30.4 Å². The third-order valence-electron chi connectivity index (χ3n) is 4.54. The first kappa shape index (κ1) is 12.6. The number of imidazole rings is 1. The first-order valence-corrected chi connectivity index (χ1v) is 7.29. The Morgan fingerprint density at radius 3 is 3.05 bits per heavy atom. The van der Waals surface area contributed by atoms with E-state index in [0.717, 1.165) is 12.8 Å². The number of allylic oxidation sites excluding steroid dienone is 2. The van der Waals surface area contributed by atoms with E-state index >= 15 is 0 Å². The second-order valence-corrected chi connectivity index (χ2v) is 5.95. The molecule has 1 aromatic heterocycles. The fourth-order valence-electron chi connectivity index (χ4n) is 3.50. The van der Waals surface area contributed by atoms with Gasteiger partial charge in [-0.1, -0.05) is 12.2 Å². The van der Waals surface area contributed by atoms with E-state index in [1.54, 1.807) is 6.07 Å². The van der Waals surface area contributed by atoms with Gasteiger partial charge >= 0.3 is 0 Å². The summed E-state index contributed by atoms with van der Waals surface area (Å²) in [4.78, 5) is 19.6. The summed E-state index contributed by atoms with van der Waals surface area (Å²) >= 11 is 0. The van der Waals surface area contributed by atoms with Crippen molar-refractivity contribution in [3.05, 3.63) is 42.0 Å². The Morgan fingerprint density at radius 1 is 1.38 bits per heavy atom. The van der Waals surface area contributed by atoms with Gasteiger partial charge in [0.05, 0.1) is 17.6 Å². The number of hydrogen-bond donors (Lipinski definition) is 2. The Balaban J connectivity index is 1.43. The number of aromatic nitrogens is 2. The smallest absolute Gasteiger partial charge is 0.224 e. The van der Waals surface area contributed by atoms with Gasteiger partial charge in [0, 0.05) is 5.92 Å². The molecule has 1 saturated carbocycles. The molecule has 2 aromatic rings. The molecule has 0 aliphatic heterocycles. The molecule has 0 unspecified atom stereocenters. The largest absolute Gasteiger partial charge is 0.349 e. The summed E-state index contributed by atoms with van der Waals surface area (Å²) in [6, 6.07) is 4.43. The maximum absolute atomic E-state index is 13.1. The SMILES string of the molecule is O=C(NCc1nc2ccc(F)cc2[nH]1)[C@@H]1C[C@@H]2C=C[C@H]1C2. The van der Waals surface area contributed by atoms with Gasteiger partial charge in [-0.05, 0) is 42.9 Å². The summed E-state index contributed by atoms with van der Waals surface area (Å²) < 4.78 is 13.1. The summed E-state index contributed by atoms with van der Waals surface area (Å²) in [6.07, 6.45) is 6.46. The molecule has 3 atom stereocenters. The minimum atomic E-state index is -0.296. The van der Waals surface area contributed by atoms with Crippen LogP contribution in [0, 0.1) is 23.6 Å². The normalized spacial score (nSPS) is 26.6. The van der Waals surface area contributed by atoms with E-state index in [1.165, 1.54) is 12.1 Å². The second-order valence-electron chi connectivity index (χ2n) is 5.95. The molecule has 0 saturated heterocycles. The van der Waals surface area contributed by atoms with Gasteiger partial charge in [-0.15, -0.1) is 0 Å². The fourth-order valence-corrected chi connectivity index (χ4v) is 3.50.